The van der Waals surface area contributed by atoms with Gasteiger partial charge in [-0.15, -0.1) is 0 Å². The van der Waals surface area contributed by atoms with Crippen molar-refractivity contribution in [3.63, 3.8) is 0 Å². The first-order chi connectivity index (χ1) is 8.16. The maximum atomic E-state index is 5.34. The molecule has 0 aliphatic carbocycles. The molecule has 1 heterocycles. The lowest BCUT2D eigenvalue weighted by Crippen LogP contribution is -2.31. The quantitative estimate of drug-likeness (QED) is 0.776. The Morgan fingerprint density at radius 1 is 1.06 bits per heavy atom. The maximum absolute atomic E-state index is 5.34. The average Bonchev–Trinajstić information content (AvgIpc) is 2.29. The van der Waals surface area contributed by atoms with E-state index in [1.54, 1.807) is 0 Å². The molecular weight excluding hydrogens is 210 g/mol. The van der Waals surface area contributed by atoms with Crippen LogP contribution in [0.25, 0.3) is 6.08 Å². The molecule has 17 heavy (non-hydrogen) atoms. The van der Waals surface area contributed by atoms with Crippen LogP contribution in [-0.4, -0.2) is 31.2 Å². The molecule has 0 atom stereocenters. The summed E-state index contributed by atoms with van der Waals surface area (Å²) in [6, 6.07) is 4.48. The van der Waals surface area contributed by atoms with Crippen LogP contribution in [0.2, 0.25) is 0 Å². The van der Waals surface area contributed by atoms with E-state index in [1.807, 2.05) is 0 Å². The van der Waals surface area contributed by atoms with Crippen LogP contribution in [0, 0.1) is 20.8 Å². The van der Waals surface area contributed by atoms with Crippen LogP contribution in [0.5, 0.6) is 0 Å². The molecule has 0 radical (unpaired) electrons. The smallest absolute Gasteiger partial charge is 0.0642 e. The largest absolute Gasteiger partial charge is 0.378 e. The van der Waals surface area contributed by atoms with Gasteiger partial charge in [0.1, 0.15) is 0 Å². The van der Waals surface area contributed by atoms with Gasteiger partial charge in [-0.25, -0.2) is 0 Å². The summed E-state index contributed by atoms with van der Waals surface area (Å²) in [5, 5.41) is 0. The molecule has 0 unspecified atom stereocenters. The average molecular weight is 231 g/mol. The zero-order chi connectivity index (χ0) is 12.3. The number of morpholine rings is 1. The van der Waals surface area contributed by atoms with Crippen molar-refractivity contribution in [1.82, 2.24) is 4.90 Å². The minimum absolute atomic E-state index is 0.843. The molecule has 1 aromatic carbocycles. The zero-order valence-corrected chi connectivity index (χ0v) is 11.0. The summed E-state index contributed by atoms with van der Waals surface area (Å²) in [6.45, 7) is 10.2. The third-order valence-electron chi connectivity index (χ3n) is 3.24. The number of hydrogen-bond donors (Lipinski definition) is 0. The second-order valence-electron chi connectivity index (χ2n) is 4.78. The van der Waals surface area contributed by atoms with Crippen molar-refractivity contribution >= 4 is 6.08 Å². The van der Waals surface area contributed by atoms with Crippen LogP contribution in [-0.2, 0) is 4.74 Å². The van der Waals surface area contributed by atoms with E-state index in [1.165, 1.54) is 22.3 Å². The molecule has 0 aromatic heterocycles. The highest BCUT2D eigenvalue weighted by Crippen LogP contribution is 2.18. The van der Waals surface area contributed by atoms with E-state index in [4.69, 9.17) is 4.74 Å². The van der Waals surface area contributed by atoms with Gasteiger partial charge in [0.25, 0.3) is 0 Å². The molecule has 1 aliphatic rings. The lowest BCUT2D eigenvalue weighted by atomic mass is 10.00. The van der Waals surface area contributed by atoms with Gasteiger partial charge in [0.05, 0.1) is 13.2 Å². The highest BCUT2D eigenvalue weighted by molar-refractivity contribution is 5.58. The summed E-state index contributed by atoms with van der Waals surface area (Å²) in [4.78, 5) is 2.32. The van der Waals surface area contributed by atoms with Crippen molar-refractivity contribution in [2.45, 2.75) is 20.8 Å². The SMILES string of the molecule is Cc1cc(C)c(C=CN2CCOCC2)c(C)c1. The van der Waals surface area contributed by atoms with Crippen LogP contribution in [0.15, 0.2) is 18.3 Å². The number of rotatable bonds is 2. The third-order valence-corrected chi connectivity index (χ3v) is 3.24. The lowest BCUT2D eigenvalue weighted by molar-refractivity contribution is 0.0597. The summed E-state index contributed by atoms with van der Waals surface area (Å²) in [7, 11) is 0. The molecule has 0 saturated carbocycles. The summed E-state index contributed by atoms with van der Waals surface area (Å²) < 4.78 is 5.34. The minimum Gasteiger partial charge on any atom is -0.378 e. The predicted octanol–water partition coefficient (Wildman–Crippen LogP) is 2.91. The Morgan fingerprint density at radius 3 is 2.24 bits per heavy atom. The molecule has 0 amide bonds. The van der Waals surface area contributed by atoms with E-state index in [9.17, 15) is 0 Å². The highest BCUT2D eigenvalue weighted by Gasteiger charge is 2.06. The molecule has 1 saturated heterocycles. The Hall–Kier alpha value is -1.28. The van der Waals surface area contributed by atoms with Crippen LogP contribution in [0.4, 0.5) is 0 Å². The Bertz CT molecular complexity index is 394. The summed E-state index contributed by atoms with van der Waals surface area (Å²) in [5.41, 5.74) is 5.39. The molecular formula is C15H21NO. The summed E-state index contributed by atoms with van der Waals surface area (Å²) >= 11 is 0. The molecule has 1 fully saturated rings. The van der Waals surface area contributed by atoms with E-state index >= 15 is 0 Å². The van der Waals surface area contributed by atoms with Crippen molar-refractivity contribution in [1.29, 1.82) is 0 Å². The molecule has 2 nitrogen and oxygen atoms in total. The fourth-order valence-electron chi connectivity index (χ4n) is 2.36. The van der Waals surface area contributed by atoms with Gasteiger partial charge < -0.3 is 9.64 Å². The lowest BCUT2D eigenvalue weighted by Gasteiger charge is -2.25. The maximum Gasteiger partial charge on any atom is 0.0642 e. The van der Waals surface area contributed by atoms with Crippen molar-refractivity contribution in [3.05, 3.63) is 40.6 Å². The fraction of sp³-hybridized carbons (Fsp3) is 0.467. The Kier molecular flexibility index (Phi) is 3.85. The second-order valence-corrected chi connectivity index (χ2v) is 4.78. The predicted molar refractivity (Wildman–Crippen MR) is 72.1 cm³/mol. The first-order valence-corrected chi connectivity index (χ1v) is 6.24. The topological polar surface area (TPSA) is 12.5 Å². The molecule has 0 N–H and O–H groups in total. The van der Waals surface area contributed by atoms with E-state index in [0.717, 1.165) is 26.3 Å². The first kappa shape index (κ1) is 12.2. The van der Waals surface area contributed by atoms with Gasteiger partial charge in [0.15, 0.2) is 0 Å². The van der Waals surface area contributed by atoms with E-state index in [0.29, 0.717) is 0 Å². The second kappa shape index (κ2) is 5.37. The summed E-state index contributed by atoms with van der Waals surface area (Å²) in [6.07, 6.45) is 4.43. The van der Waals surface area contributed by atoms with Crippen molar-refractivity contribution in [2.75, 3.05) is 26.3 Å². The fourth-order valence-corrected chi connectivity index (χ4v) is 2.36. The molecule has 1 aliphatic heterocycles. The molecule has 0 bridgehead atoms. The number of nitrogens with zero attached hydrogens (tertiary/aromatic N) is 1. The van der Waals surface area contributed by atoms with E-state index < -0.39 is 0 Å². The van der Waals surface area contributed by atoms with Gasteiger partial charge in [-0.3, -0.25) is 0 Å². The first-order valence-electron chi connectivity index (χ1n) is 6.24. The van der Waals surface area contributed by atoms with Gasteiger partial charge in [0, 0.05) is 13.1 Å². The normalized spacial score (nSPS) is 16.8. The van der Waals surface area contributed by atoms with E-state index in [2.05, 4.69) is 50.1 Å². The van der Waals surface area contributed by atoms with Crippen LogP contribution < -0.4 is 0 Å². The molecule has 2 heteroatoms. The Morgan fingerprint density at radius 2 is 1.65 bits per heavy atom. The highest BCUT2D eigenvalue weighted by atomic mass is 16.5. The summed E-state index contributed by atoms with van der Waals surface area (Å²) in [5.74, 6) is 0. The Balaban J connectivity index is 2.14. The molecule has 1 aromatic rings. The molecule has 0 spiro atoms. The van der Waals surface area contributed by atoms with Gasteiger partial charge in [-0.1, -0.05) is 17.7 Å². The standard InChI is InChI=1S/C15H21NO/c1-12-10-13(2)15(14(3)11-12)4-5-16-6-8-17-9-7-16/h4-5,10-11H,6-9H2,1-3H3. The van der Waals surface area contributed by atoms with Crippen molar-refractivity contribution in [3.8, 4) is 0 Å². The number of hydrogen-bond acceptors (Lipinski definition) is 2. The number of benzene rings is 1. The van der Waals surface area contributed by atoms with Crippen LogP contribution in [0.1, 0.15) is 22.3 Å². The van der Waals surface area contributed by atoms with E-state index in [-0.39, 0.29) is 0 Å². The van der Waals surface area contributed by atoms with Crippen molar-refractivity contribution in [2.24, 2.45) is 0 Å². The molecule has 92 valence electrons. The number of aryl methyl sites for hydroxylation is 3. The zero-order valence-electron chi connectivity index (χ0n) is 11.0. The number of ether oxygens (including phenoxy) is 1. The molecule has 2 rings (SSSR count). The van der Waals surface area contributed by atoms with Gasteiger partial charge in [-0.2, -0.15) is 0 Å². The monoisotopic (exact) mass is 231 g/mol. The minimum atomic E-state index is 0.843. The van der Waals surface area contributed by atoms with Gasteiger partial charge in [0.2, 0.25) is 0 Å². The van der Waals surface area contributed by atoms with Crippen molar-refractivity contribution < 1.29 is 4.74 Å². The Labute approximate surface area is 104 Å². The van der Waals surface area contributed by atoms with Crippen LogP contribution in [0.3, 0.4) is 0 Å². The van der Waals surface area contributed by atoms with Gasteiger partial charge in [-0.05, 0) is 49.7 Å². The van der Waals surface area contributed by atoms with Crippen LogP contribution >= 0.6 is 0 Å². The third kappa shape index (κ3) is 3.10. The van der Waals surface area contributed by atoms with Gasteiger partial charge >= 0.3 is 0 Å².